The first-order valence-corrected chi connectivity index (χ1v) is 10.3. The fourth-order valence-corrected chi connectivity index (χ4v) is 4.50. The Balaban J connectivity index is 1.48. The molecule has 0 spiro atoms. The molecular weight excluding hydrogens is 366 g/mol. The molecule has 0 saturated carbocycles. The second kappa shape index (κ2) is 7.81. The third-order valence-corrected chi connectivity index (χ3v) is 6.07. The zero-order valence-corrected chi connectivity index (χ0v) is 17.3. The Hall–Kier alpha value is -2.37. The summed E-state index contributed by atoms with van der Waals surface area (Å²) in [5.74, 6) is 1.03. The van der Waals surface area contributed by atoms with Crippen molar-refractivity contribution in [2.24, 2.45) is 0 Å². The minimum absolute atomic E-state index is 0.0304. The molecule has 1 saturated heterocycles. The summed E-state index contributed by atoms with van der Waals surface area (Å²) in [5.41, 5.74) is 2.04. The molecule has 1 amide bonds. The predicted octanol–water partition coefficient (Wildman–Crippen LogP) is 3.44. The Bertz CT molecular complexity index is 882. The zero-order valence-electron chi connectivity index (χ0n) is 17.3. The number of carbonyl (C=O) groups is 1. The van der Waals surface area contributed by atoms with E-state index in [1.165, 1.54) is 0 Å². The molecule has 1 aliphatic heterocycles. The van der Waals surface area contributed by atoms with Crippen LogP contribution in [0.1, 0.15) is 49.8 Å². The SMILES string of the molecule is CC1CC(O)(c2ccccc2)c2ccc(OCC3CN(C(C)C)C(=O)CO3)cc21. The van der Waals surface area contributed by atoms with Crippen molar-refractivity contribution in [3.05, 3.63) is 65.2 Å². The summed E-state index contributed by atoms with van der Waals surface area (Å²) in [4.78, 5) is 13.8. The predicted molar refractivity (Wildman–Crippen MR) is 111 cm³/mol. The van der Waals surface area contributed by atoms with E-state index in [0.717, 1.165) is 22.4 Å². The van der Waals surface area contributed by atoms with Crippen LogP contribution in [0.2, 0.25) is 0 Å². The van der Waals surface area contributed by atoms with Crippen molar-refractivity contribution in [2.75, 3.05) is 19.8 Å². The summed E-state index contributed by atoms with van der Waals surface area (Å²) >= 11 is 0. The van der Waals surface area contributed by atoms with E-state index >= 15 is 0 Å². The molecule has 29 heavy (non-hydrogen) atoms. The van der Waals surface area contributed by atoms with Gasteiger partial charge in [0.25, 0.3) is 0 Å². The lowest BCUT2D eigenvalue weighted by molar-refractivity contribution is -0.153. The first-order chi connectivity index (χ1) is 13.9. The minimum Gasteiger partial charge on any atom is -0.491 e. The van der Waals surface area contributed by atoms with Crippen LogP contribution in [0.25, 0.3) is 0 Å². The topological polar surface area (TPSA) is 59.0 Å². The highest BCUT2D eigenvalue weighted by Crippen LogP contribution is 2.49. The van der Waals surface area contributed by atoms with Crippen LogP contribution >= 0.6 is 0 Å². The highest BCUT2D eigenvalue weighted by molar-refractivity contribution is 5.78. The molecule has 2 aromatic rings. The Morgan fingerprint density at radius 2 is 2.00 bits per heavy atom. The van der Waals surface area contributed by atoms with Gasteiger partial charge >= 0.3 is 0 Å². The summed E-state index contributed by atoms with van der Waals surface area (Å²) in [7, 11) is 0. The molecule has 1 fully saturated rings. The number of nitrogens with zero attached hydrogens (tertiary/aromatic N) is 1. The van der Waals surface area contributed by atoms with Crippen molar-refractivity contribution < 1.29 is 19.4 Å². The van der Waals surface area contributed by atoms with Crippen molar-refractivity contribution in [2.45, 2.75) is 50.9 Å². The van der Waals surface area contributed by atoms with E-state index < -0.39 is 5.60 Å². The maximum atomic E-state index is 11.9. The maximum Gasteiger partial charge on any atom is 0.248 e. The summed E-state index contributed by atoms with van der Waals surface area (Å²) in [5, 5.41) is 11.4. The first kappa shape index (κ1) is 19.9. The van der Waals surface area contributed by atoms with Crippen molar-refractivity contribution in [1.82, 2.24) is 4.90 Å². The van der Waals surface area contributed by atoms with E-state index in [1.807, 2.05) is 67.3 Å². The third-order valence-electron chi connectivity index (χ3n) is 6.07. The molecule has 0 bridgehead atoms. The number of benzene rings is 2. The monoisotopic (exact) mass is 395 g/mol. The van der Waals surface area contributed by atoms with Gasteiger partial charge in [0.2, 0.25) is 5.91 Å². The van der Waals surface area contributed by atoms with Gasteiger partial charge in [-0.2, -0.15) is 0 Å². The van der Waals surface area contributed by atoms with Crippen LogP contribution in [-0.2, 0) is 15.1 Å². The third kappa shape index (κ3) is 3.77. The van der Waals surface area contributed by atoms with Gasteiger partial charge in [-0.25, -0.2) is 0 Å². The van der Waals surface area contributed by atoms with Gasteiger partial charge in [-0.1, -0.05) is 43.3 Å². The number of hydrogen-bond acceptors (Lipinski definition) is 4. The van der Waals surface area contributed by atoms with Gasteiger partial charge in [-0.3, -0.25) is 4.79 Å². The van der Waals surface area contributed by atoms with Crippen molar-refractivity contribution in [1.29, 1.82) is 0 Å². The smallest absolute Gasteiger partial charge is 0.248 e. The van der Waals surface area contributed by atoms with Gasteiger partial charge < -0.3 is 19.5 Å². The van der Waals surface area contributed by atoms with Crippen LogP contribution in [-0.4, -0.2) is 47.8 Å². The van der Waals surface area contributed by atoms with Gasteiger partial charge in [0.1, 0.15) is 30.7 Å². The van der Waals surface area contributed by atoms with E-state index in [0.29, 0.717) is 19.6 Å². The van der Waals surface area contributed by atoms with Gasteiger partial charge in [0.15, 0.2) is 0 Å². The van der Waals surface area contributed by atoms with E-state index in [1.54, 1.807) is 0 Å². The van der Waals surface area contributed by atoms with Gasteiger partial charge in [-0.05, 0) is 55.0 Å². The number of fused-ring (bicyclic) bond motifs is 1. The molecule has 5 nitrogen and oxygen atoms in total. The molecule has 2 aliphatic rings. The van der Waals surface area contributed by atoms with Crippen molar-refractivity contribution in [3.63, 3.8) is 0 Å². The number of aliphatic hydroxyl groups is 1. The highest BCUT2D eigenvalue weighted by Gasteiger charge is 2.42. The Labute approximate surface area is 172 Å². The number of rotatable bonds is 5. The van der Waals surface area contributed by atoms with Gasteiger partial charge in [0, 0.05) is 6.04 Å². The van der Waals surface area contributed by atoms with Crippen LogP contribution in [0.15, 0.2) is 48.5 Å². The molecule has 4 rings (SSSR count). The minimum atomic E-state index is -0.959. The summed E-state index contributed by atoms with van der Waals surface area (Å²) in [6.45, 7) is 7.21. The lowest BCUT2D eigenvalue weighted by Crippen LogP contribution is -2.51. The van der Waals surface area contributed by atoms with E-state index in [2.05, 4.69) is 6.92 Å². The number of hydrogen-bond donors (Lipinski definition) is 1. The average Bonchev–Trinajstić information content (AvgIpc) is 2.99. The van der Waals surface area contributed by atoms with Crippen LogP contribution in [0, 0.1) is 0 Å². The number of morpholine rings is 1. The molecule has 1 N–H and O–H groups in total. The fourth-order valence-electron chi connectivity index (χ4n) is 4.50. The lowest BCUT2D eigenvalue weighted by Gasteiger charge is -2.35. The molecule has 1 aliphatic carbocycles. The standard InChI is InChI=1S/C24H29NO4/c1-16(2)25-13-20(29-15-23(25)26)14-28-19-9-10-22-21(11-19)17(3)12-24(22,27)18-7-5-4-6-8-18/h4-11,16-17,20,27H,12-15H2,1-3H3. The molecular formula is C24H29NO4. The molecule has 0 radical (unpaired) electrons. The molecule has 3 atom stereocenters. The average molecular weight is 395 g/mol. The summed E-state index contributed by atoms with van der Waals surface area (Å²) < 4.78 is 11.7. The molecule has 154 valence electrons. The van der Waals surface area contributed by atoms with Crippen LogP contribution in [0.3, 0.4) is 0 Å². The highest BCUT2D eigenvalue weighted by atomic mass is 16.5. The first-order valence-electron chi connectivity index (χ1n) is 10.3. The largest absolute Gasteiger partial charge is 0.491 e. The number of ether oxygens (including phenoxy) is 2. The molecule has 3 unspecified atom stereocenters. The summed E-state index contributed by atoms with van der Waals surface area (Å²) in [6.07, 6.45) is 0.523. The van der Waals surface area contributed by atoms with Gasteiger partial charge in [0.05, 0.1) is 6.54 Å². The van der Waals surface area contributed by atoms with E-state index in [9.17, 15) is 9.90 Å². The zero-order chi connectivity index (χ0) is 20.6. The number of amides is 1. The van der Waals surface area contributed by atoms with Crippen LogP contribution < -0.4 is 4.74 Å². The summed E-state index contributed by atoms with van der Waals surface area (Å²) in [6, 6.07) is 15.9. The maximum absolute atomic E-state index is 11.9. The Morgan fingerprint density at radius 3 is 2.72 bits per heavy atom. The number of carbonyl (C=O) groups excluding carboxylic acids is 1. The normalized spacial score (nSPS) is 26.7. The van der Waals surface area contributed by atoms with E-state index in [4.69, 9.17) is 9.47 Å². The second-order valence-corrected chi connectivity index (χ2v) is 8.46. The van der Waals surface area contributed by atoms with Crippen LogP contribution in [0.4, 0.5) is 0 Å². The van der Waals surface area contributed by atoms with Crippen molar-refractivity contribution >= 4 is 5.91 Å². The molecule has 5 heteroatoms. The second-order valence-electron chi connectivity index (χ2n) is 8.46. The quantitative estimate of drug-likeness (QED) is 0.843. The lowest BCUT2D eigenvalue weighted by atomic mass is 9.87. The molecule has 1 heterocycles. The van der Waals surface area contributed by atoms with E-state index in [-0.39, 0.29) is 30.6 Å². The Kier molecular flexibility index (Phi) is 5.36. The fraction of sp³-hybridized carbons (Fsp3) is 0.458. The Morgan fingerprint density at radius 1 is 1.24 bits per heavy atom. The van der Waals surface area contributed by atoms with Crippen LogP contribution in [0.5, 0.6) is 5.75 Å². The van der Waals surface area contributed by atoms with Gasteiger partial charge in [-0.15, -0.1) is 0 Å². The molecule has 2 aromatic carbocycles. The van der Waals surface area contributed by atoms with Crippen molar-refractivity contribution in [3.8, 4) is 5.75 Å². The molecule has 0 aromatic heterocycles.